The number of primary sulfonamides is 1. The van der Waals surface area contributed by atoms with Gasteiger partial charge in [-0.05, 0) is 35.9 Å². The van der Waals surface area contributed by atoms with Crippen molar-refractivity contribution >= 4 is 78.1 Å². The quantitative estimate of drug-likeness (QED) is 0.335. The zero-order valence-corrected chi connectivity index (χ0v) is 21.7. The minimum atomic E-state index is -4.73. The molecule has 4 rings (SSSR count). The van der Waals surface area contributed by atoms with Crippen LogP contribution in [-0.2, 0) is 14.8 Å². The Bertz CT molecular complexity index is 1540. The van der Waals surface area contributed by atoms with Gasteiger partial charge < -0.3 is 0 Å². The summed E-state index contributed by atoms with van der Waals surface area (Å²) >= 11 is 21.5. The van der Waals surface area contributed by atoms with Crippen molar-refractivity contribution in [2.75, 3.05) is 0 Å². The van der Waals surface area contributed by atoms with Crippen LogP contribution in [-0.4, -0.2) is 25.0 Å². The van der Waals surface area contributed by atoms with Crippen molar-refractivity contribution < 1.29 is 21.6 Å². The van der Waals surface area contributed by atoms with Crippen LogP contribution in [0.25, 0.3) is 10.2 Å². The van der Waals surface area contributed by atoms with E-state index >= 15 is 0 Å². The Morgan fingerprint density at radius 1 is 1.20 bits per heavy atom. The molecule has 1 aliphatic carbocycles. The molecule has 14 heteroatoms. The van der Waals surface area contributed by atoms with Gasteiger partial charge in [-0.15, -0.1) is 22.9 Å². The Hall–Kier alpha value is -1.78. The zero-order chi connectivity index (χ0) is 25.8. The Morgan fingerprint density at radius 2 is 1.86 bits per heavy atom. The highest BCUT2D eigenvalue weighted by Crippen LogP contribution is 2.48. The van der Waals surface area contributed by atoms with E-state index in [1.54, 1.807) is 18.2 Å². The summed E-state index contributed by atoms with van der Waals surface area (Å²) in [5, 5.41) is 12.9. The molecule has 0 radical (unpaired) electrons. The van der Waals surface area contributed by atoms with Crippen LogP contribution in [0.4, 0.5) is 13.2 Å². The first kappa shape index (κ1) is 26.3. The van der Waals surface area contributed by atoms with Gasteiger partial charge in [0.25, 0.3) is 0 Å². The molecule has 0 saturated heterocycles. The van der Waals surface area contributed by atoms with E-state index in [4.69, 9.17) is 45.2 Å². The Labute approximate surface area is 221 Å². The van der Waals surface area contributed by atoms with Gasteiger partial charge in [0.15, 0.2) is 4.34 Å². The van der Waals surface area contributed by atoms with Gasteiger partial charge in [-0.25, -0.2) is 18.5 Å². The monoisotopic (exact) mass is 595 g/mol. The number of sulfonamides is 1. The molecule has 2 N–H and O–H groups in total. The van der Waals surface area contributed by atoms with Crippen LogP contribution in [0.15, 0.2) is 63.4 Å². The second-order valence-corrected chi connectivity index (χ2v) is 12.7. The maximum Gasteiger partial charge on any atom is 0.416 e. The fourth-order valence-electron chi connectivity index (χ4n) is 3.49. The number of allylic oxidation sites excluding steroid dienone is 3. The first-order valence-corrected chi connectivity index (χ1v) is 13.8. The van der Waals surface area contributed by atoms with Crippen molar-refractivity contribution in [3.63, 3.8) is 0 Å². The minimum absolute atomic E-state index is 0.0281. The highest BCUT2D eigenvalue weighted by molar-refractivity contribution is 8.01. The molecular weight excluding hydrogens is 586 g/mol. The first-order valence-electron chi connectivity index (χ1n) is 9.39. The third-order valence-corrected chi connectivity index (χ3v) is 10.4. The number of nitrogens with two attached hydrogens (primary N) is 1. The third-order valence-electron chi connectivity index (χ3n) is 5.18. The molecule has 0 spiro atoms. The summed E-state index contributed by atoms with van der Waals surface area (Å²) in [6.45, 7) is 0. The Morgan fingerprint density at radius 3 is 2.40 bits per heavy atom. The van der Waals surface area contributed by atoms with Crippen molar-refractivity contribution in [3.05, 3.63) is 75.3 Å². The number of nitrogens with zero attached hydrogens (tertiary/aromatic N) is 2. The van der Waals surface area contributed by atoms with Crippen LogP contribution in [0.2, 0.25) is 10.0 Å². The summed E-state index contributed by atoms with van der Waals surface area (Å²) in [5.41, 5.74) is -0.127. The fraction of sp³-hybridized carbons (Fsp3) is 0.143. The van der Waals surface area contributed by atoms with E-state index in [2.05, 4.69) is 4.98 Å². The van der Waals surface area contributed by atoms with E-state index in [0.717, 1.165) is 22.5 Å². The molecule has 1 aliphatic rings. The van der Waals surface area contributed by atoms with Crippen molar-refractivity contribution in [2.45, 2.75) is 25.5 Å². The second-order valence-electron chi connectivity index (χ2n) is 7.34. The molecule has 0 bridgehead atoms. The van der Waals surface area contributed by atoms with Gasteiger partial charge in [-0.3, -0.25) is 0 Å². The predicted molar refractivity (Wildman–Crippen MR) is 133 cm³/mol. The largest absolute Gasteiger partial charge is 0.416 e. The summed E-state index contributed by atoms with van der Waals surface area (Å²) in [7, 11) is -4.58. The molecule has 2 aromatic carbocycles. The third kappa shape index (κ3) is 4.81. The number of halogens is 6. The molecule has 0 aliphatic heterocycles. The normalized spacial score (nSPS) is 20.6. The SMILES string of the molecule is N#Cc1ccc2sc(Sc3c(Cl)cc(C4(S(N)(=O)=O)C=CC(C(F)(F)F)=CC4Cl)cc3Cl)nc2c1. The first-order chi connectivity index (χ1) is 16.3. The van der Waals surface area contributed by atoms with Gasteiger partial charge in [0, 0.05) is 0 Å². The van der Waals surface area contributed by atoms with Crippen molar-refractivity contribution in [1.82, 2.24) is 4.98 Å². The van der Waals surface area contributed by atoms with Crippen LogP contribution in [0.5, 0.6) is 0 Å². The molecule has 1 heterocycles. The highest BCUT2D eigenvalue weighted by Gasteiger charge is 2.51. The average Bonchev–Trinajstić information content (AvgIpc) is 3.16. The van der Waals surface area contributed by atoms with Crippen LogP contribution in [0.3, 0.4) is 0 Å². The molecule has 2 unspecified atom stereocenters. The van der Waals surface area contributed by atoms with E-state index in [0.29, 0.717) is 32.5 Å². The predicted octanol–water partition coefficient (Wildman–Crippen LogP) is 6.78. The number of benzene rings is 2. The molecule has 5 nitrogen and oxygen atoms in total. The molecule has 182 valence electrons. The molecular formula is C21H11Cl3F3N3O2S3. The number of hydrogen-bond donors (Lipinski definition) is 1. The molecule has 1 aromatic heterocycles. The standard InChI is InChI=1S/C21H11Cl3F3N3O2S3/c22-13-6-12(20(35(29,31)32)4-3-11(8-17(20)24)21(25,26)27)7-14(23)18(13)34-19-30-15-5-10(9-28)1-2-16(15)33-19/h1-8,17H,(H2,29,31,32). The number of fused-ring (bicyclic) bond motifs is 1. The molecule has 0 amide bonds. The minimum Gasteiger partial charge on any atom is -0.229 e. The molecule has 2 atom stereocenters. The van der Waals surface area contributed by atoms with Crippen LogP contribution < -0.4 is 5.14 Å². The van der Waals surface area contributed by atoms with E-state index in [1.807, 2.05) is 6.07 Å². The number of aromatic nitrogens is 1. The number of alkyl halides is 4. The maximum absolute atomic E-state index is 13.1. The van der Waals surface area contributed by atoms with Crippen molar-refractivity contribution in [1.29, 1.82) is 5.26 Å². The van der Waals surface area contributed by atoms with E-state index in [-0.39, 0.29) is 15.6 Å². The van der Waals surface area contributed by atoms with Gasteiger partial charge in [-0.1, -0.05) is 53.2 Å². The summed E-state index contributed by atoms with van der Waals surface area (Å²) < 4.78 is 63.9. The van der Waals surface area contributed by atoms with Gasteiger partial charge in [-0.2, -0.15) is 18.4 Å². The fourth-order valence-corrected chi connectivity index (χ4v) is 8.00. The summed E-state index contributed by atoms with van der Waals surface area (Å²) in [5.74, 6) is 0. The summed E-state index contributed by atoms with van der Waals surface area (Å²) in [6, 6.07) is 9.61. The van der Waals surface area contributed by atoms with Crippen LogP contribution in [0, 0.1) is 11.3 Å². The van der Waals surface area contributed by atoms with Gasteiger partial charge in [0.05, 0.1) is 47.7 Å². The molecule has 35 heavy (non-hydrogen) atoms. The van der Waals surface area contributed by atoms with E-state index in [1.165, 1.54) is 23.5 Å². The number of hydrogen-bond acceptors (Lipinski definition) is 6. The lowest BCUT2D eigenvalue weighted by Gasteiger charge is -2.35. The molecule has 0 saturated carbocycles. The number of rotatable bonds is 4. The van der Waals surface area contributed by atoms with Gasteiger partial charge in [0.1, 0.15) is 4.75 Å². The summed E-state index contributed by atoms with van der Waals surface area (Å²) in [6.07, 6.45) is -2.72. The Balaban J connectivity index is 1.76. The van der Waals surface area contributed by atoms with Crippen molar-refractivity contribution in [3.8, 4) is 6.07 Å². The smallest absolute Gasteiger partial charge is 0.229 e. The number of nitriles is 1. The molecule has 3 aromatic rings. The van der Waals surface area contributed by atoms with E-state index < -0.39 is 31.9 Å². The second kappa shape index (κ2) is 9.27. The Kier molecular flexibility index (Phi) is 6.96. The van der Waals surface area contributed by atoms with Gasteiger partial charge in [0.2, 0.25) is 10.0 Å². The lowest BCUT2D eigenvalue weighted by Crippen LogP contribution is -2.47. The molecule has 0 fully saturated rings. The van der Waals surface area contributed by atoms with Crippen LogP contribution >= 0.6 is 57.9 Å². The zero-order valence-electron chi connectivity index (χ0n) is 17.0. The summed E-state index contributed by atoms with van der Waals surface area (Å²) in [4.78, 5) is 4.80. The van der Waals surface area contributed by atoms with E-state index in [9.17, 15) is 21.6 Å². The average molecular weight is 597 g/mol. The topological polar surface area (TPSA) is 96.8 Å². The lowest BCUT2D eigenvalue weighted by atomic mass is 9.88. The number of thiazole rings is 1. The van der Waals surface area contributed by atoms with Gasteiger partial charge >= 0.3 is 6.18 Å². The van der Waals surface area contributed by atoms with Crippen molar-refractivity contribution in [2.24, 2.45) is 5.14 Å². The maximum atomic E-state index is 13.1. The highest BCUT2D eigenvalue weighted by atomic mass is 35.5. The van der Waals surface area contributed by atoms with Crippen LogP contribution in [0.1, 0.15) is 11.1 Å². The lowest BCUT2D eigenvalue weighted by molar-refractivity contribution is -0.0886.